The summed E-state index contributed by atoms with van der Waals surface area (Å²) in [6.07, 6.45) is 3.54. The Morgan fingerprint density at radius 1 is 0.889 bits per heavy atom. The molecule has 0 amide bonds. The summed E-state index contributed by atoms with van der Waals surface area (Å²) < 4.78 is 17.8. The highest BCUT2D eigenvalue weighted by Crippen LogP contribution is 2.50. The number of ketones is 1. The number of para-hydroxylation sites is 1. The van der Waals surface area contributed by atoms with Crippen molar-refractivity contribution in [1.82, 2.24) is 4.98 Å². The van der Waals surface area contributed by atoms with E-state index in [1.165, 1.54) is 0 Å². The van der Waals surface area contributed by atoms with E-state index in [9.17, 15) is 9.59 Å². The van der Waals surface area contributed by atoms with Gasteiger partial charge >= 0.3 is 5.97 Å². The molecule has 0 saturated carbocycles. The van der Waals surface area contributed by atoms with Crippen molar-refractivity contribution >= 4 is 17.8 Å². The zero-order chi connectivity index (χ0) is 24.5. The summed E-state index contributed by atoms with van der Waals surface area (Å²) in [5, 5.41) is 0. The van der Waals surface area contributed by atoms with Gasteiger partial charge in [-0.1, -0.05) is 54.6 Å². The number of esters is 1. The zero-order valence-electron chi connectivity index (χ0n) is 19.2. The molecule has 0 bridgehead atoms. The number of benzene rings is 3. The van der Waals surface area contributed by atoms with Gasteiger partial charge in [0.15, 0.2) is 5.76 Å². The van der Waals surface area contributed by atoms with Gasteiger partial charge in [-0.2, -0.15) is 0 Å². The van der Waals surface area contributed by atoms with Crippen molar-refractivity contribution in [2.75, 3.05) is 0 Å². The first kappa shape index (κ1) is 21.8. The van der Waals surface area contributed by atoms with Crippen LogP contribution in [-0.2, 0) is 11.4 Å². The van der Waals surface area contributed by atoms with Gasteiger partial charge in [0.25, 0.3) is 0 Å². The molecule has 1 aromatic heterocycles. The van der Waals surface area contributed by atoms with E-state index in [1.54, 1.807) is 24.4 Å². The molecule has 6 heteroatoms. The number of hydrogen-bond donors (Lipinski definition) is 0. The van der Waals surface area contributed by atoms with Gasteiger partial charge in [0.1, 0.15) is 23.9 Å². The zero-order valence-corrected chi connectivity index (χ0v) is 19.2. The van der Waals surface area contributed by atoms with Gasteiger partial charge < -0.3 is 14.2 Å². The van der Waals surface area contributed by atoms with Crippen LogP contribution in [0, 0.1) is 0 Å². The van der Waals surface area contributed by atoms with Crippen molar-refractivity contribution < 1.29 is 23.8 Å². The Balaban J connectivity index is 1.40. The number of carbonyl (C=O) groups excluding carboxylic acids is 2. The molecule has 176 valence electrons. The van der Waals surface area contributed by atoms with Gasteiger partial charge in [0.2, 0.25) is 5.78 Å². The number of aromatic nitrogens is 1. The van der Waals surface area contributed by atoms with Gasteiger partial charge in [-0.05, 0) is 42.0 Å². The largest absolute Gasteiger partial charge is 0.487 e. The molecule has 0 saturated heterocycles. The predicted octanol–water partition coefficient (Wildman–Crippen LogP) is 5.72. The molecule has 3 heterocycles. The van der Waals surface area contributed by atoms with E-state index in [-0.39, 0.29) is 30.5 Å². The lowest BCUT2D eigenvalue weighted by atomic mass is 9.84. The Hall–Kier alpha value is -4.71. The van der Waals surface area contributed by atoms with E-state index in [4.69, 9.17) is 14.2 Å². The number of allylic oxidation sites excluding steroid dienone is 1. The maximum atomic E-state index is 13.2. The molecule has 36 heavy (non-hydrogen) atoms. The molecule has 1 atom stereocenters. The topological polar surface area (TPSA) is 74.7 Å². The summed E-state index contributed by atoms with van der Waals surface area (Å²) in [7, 11) is 0. The van der Waals surface area contributed by atoms with E-state index in [0.717, 1.165) is 16.8 Å². The fourth-order valence-corrected chi connectivity index (χ4v) is 4.61. The monoisotopic (exact) mass is 475 g/mol. The summed E-state index contributed by atoms with van der Waals surface area (Å²) in [5.41, 5.74) is 3.59. The Labute approximate surface area is 207 Å². The lowest BCUT2D eigenvalue weighted by Gasteiger charge is -2.27. The maximum absolute atomic E-state index is 13.2. The maximum Gasteiger partial charge on any atom is 0.312 e. The van der Waals surface area contributed by atoms with Crippen LogP contribution in [0.1, 0.15) is 45.1 Å². The molecule has 0 aliphatic carbocycles. The first-order valence-electron chi connectivity index (χ1n) is 11.7. The third-order valence-electron chi connectivity index (χ3n) is 6.27. The molecule has 6 nitrogen and oxygen atoms in total. The minimum Gasteiger partial charge on any atom is -0.487 e. The third kappa shape index (κ3) is 4.03. The van der Waals surface area contributed by atoms with Gasteiger partial charge in [0, 0.05) is 23.2 Å². The van der Waals surface area contributed by atoms with Crippen molar-refractivity contribution in [3.05, 3.63) is 125 Å². The fraction of sp³-hybridized carbons (Fsp3) is 0.100. The van der Waals surface area contributed by atoms with Crippen molar-refractivity contribution in [1.29, 1.82) is 0 Å². The van der Waals surface area contributed by atoms with Crippen LogP contribution in [-0.4, -0.2) is 16.7 Å². The van der Waals surface area contributed by atoms with Crippen LogP contribution in [0.4, 0.5) is 0 Å². The van der Waals surface area contributed by atoms with Gasteiger partial charge in [0.05, 0.1) is 17.7 Å². The average molecular weight is 476 g/mol. The van der Waals surface area contributed by atoms with Crippen LogP contribution in [0.15, 0.2) is 96.9 Å². The Kier molecular flexibility index (Phi) is 5.54. The Bertz CT molecular complexity index is 1490. The lowest BCUT2D eigenvalue weighted by molar-refractivity contribution is -0.135. The molecule has 3 aromatic carbocycles. The van der Waals surface area contributed by atoms with Crippen LogP contribution >= 0.6 is 0 Å². The average Bonchev–Trinajstić information content (AvgIpc) is 3.23. The number of carbonyl (C=O) groups is 2. The van der Waals surface area contributed by atoms with Crippen LogP contribution in [0.5, 0.6) is 17.2 Å². The number of pyridine rings is 1. The summed E-state index contributed by atoms with van der Waals surface area (Å²) in [4.78, 5) is 30.1. The quantitative estimate of drug-likeness (QED) is 0.209. The highest BCUT2D eigenvalue weighted by atomic mass is 16.5. The molecule has 0 radical (unpaired) electrons. The van der Waals surface area contributed by atoms with E-state index < -0.39 is 5.92 Å². The Morgan fingerprint density at radius 3 is 2.53 bits per heavy atom. The van der Waals surface area contributed by atoms with Crippen molar-refractivity contribution in [2.45, 2.75) is 18.9 Å². The summed E-state index contributed by atoms with van der Waals surface area (Å²) >= 11 is 0. The van der Waals surface area contributed by atoms with Crippen LogP contribution in [0.3, 0.4) is 0 Å². The number of Topliss-reactive ketones (excluding diaryl/α,β-unsaturated/α-hetero) is 1. The summed E-state index contributed by atoms with van der Waals surface area (Å²) in [5.74, 6) is 0.735. The SMILES string of the molecule is O=C1C[C@@H](c2ccccc2OCc2ccccn2)c2c(ccc3c2O/C(=C\c2ccccc2)C3=O)O1. The molecule has 0 unspecified atom stereocenters. The van der Waals surface area contributed by atoms with E-state index in [2.05, 4.69) is 4.98 Å². The third-order valence-corrected chi connectivity index (χ3v) is 6.27. The molecule has 0 N–H and O–H groups in total. The van der Waals surface area contributed by atoms with E-state index >= 15 is 0 Å². The first-order valence-corrected chi connectivity index (χ1v) is 11.7. The fourth-order valence-electron chi connectivity index (χ4n) is 4.61. The van der Waals surface area contributed by atoms with Gasteiger partial charge in [-0.25, -0.2) is 0 Å². The smallest absolute Gasteiger partial charge is 0.312 e. The standard InChI is InChI=1S/C30H21NO5/c32-27-17-23(21-11-4-5-12-24(21)34-18-20-10-6-7-15-31-20)28-25(35-27)14-13-22-29(33)26(36-30(22)28)16-19-8-2-1-3-9-19/h1-16,23H,17-18H2/b26-16-/t23-/m0/s1. The van der Waals surface area contributed by atoms with Crippen LogP contribution in [0.2, 0.25) is 0 Å². The lowest BCUT2D eigenvalue weighted by Crippen LogP contribution is -2.22. The second-order valence-electron chi connectivity index (χ2n) is 8.58. The van der Waals surface area contributed by atoms with Gasteiger partial charge in [-0.15, -0.1) is 0 Å². The van der Waals surface area contributed by atoms with Crippen molar-refractivity contribution in [3.63, 3.8) is 0 Å². The minimum absolute atomic E-state index is 0.0999. The molecular weight excluding hydrogens is 454 g/mol. The summed E-state index contributed by atoms with van der Waals surface area (Å²) in [6.45, 7) is 0.285. The number of rotatable bonds is 5. The van der Waals surface area contributed by atoms with Gasteiger partial charge in [-0.3, -0.25) is 14.6 Å². The normalized spacial score (nSPS) is 17.2. The molecule has 6 rings (SSSR count). The molecule has 4 aromatic rings. The number of ether oxygens (including phenoxy) is 3. The molecular formula is C30H21NO5. The highest BCUT2D eigenvalue weighted by molar-refractivity contribution is 6.15. The number of nitrogens with zero attached hydrogens (tertiary/aromatic N) is 1. The second kappa shape index (κ2) is 9.15. The number of fused-ring (bicyclic) bond motifs is 3. The first-order chi connectivity index (χ1) is 17.7. The van der Waals surface area contributed by atoms with Crippen LogP contribution in [0.25, 0.3) is 6.08 Å². The van der Waals surface area contributed by atoms with Crippen LogP contribution < -0.4 is 14.2 Å². The van der Waals surface area contributed by atoms with E-state index in [0.29, 0.717) is 28.4 Å². The molecule has 0 spiro atoms. The molecule has 2 aliphatic rings. The predicted molar refractivity (Wildman–Crippen MR) is 133 cm³/mol. The molecule has 2 aliphatic heterocycles. The van der Waals surface area contributed by atoms with E-state index in [1.807, 2.05) is 72.8 Å². The molecule has 0 fully saturated rings. The van der Waals surface area contributed by atoms with Crippen molar-refractivity contribution in [2.24, 2.45) is 0 Å². The summed E-state index contributed by atoms with van der Waals surface area (Å²) in [6, 6.07) is 26.1. The minimum atomic E-state index is -0.403. The second-order valence-corrected chi connectivity index (χ2v) is 8.58. The highest BCUT2D eigenvalue weighted by Gasteiger charge is 2.39. The van der Waals surface area contributed by atoms with Crippen molar-refractivity contribution in [3.8, 4) is 17.2 Å². The number of hydrogen-bond acceptors (Lipinski definition) is 6. The Morgan fingerprint density at radius 2 is 1.69 bits per heavy atom.